The second-order valence-electron chi connectivity index (χ2n) is 5.45. The van der Waals surface area contributed by atoms with Gasteiger partial charge in [-0.15, -0.1) is 10.2 Å². The van der Waals surface area contributed by atoms with Gasteiger partial charge in [0.25, 0.3) is 0 Å². The molecule has 1 fully saturated rings. The average Bonchev–Trinajstić information content (AvgIpc) is 2.99. The first-order valence-electron chi connectivity index (χ1n) is 7.98. The normalized spacial score (nSPS) is 15.2. The van der Waals surface area contributed by atoms with Crippen LogP contribution in [0.3, 0.4) is 0 Å². The van der Waals surface area contributed by atoms with Gasteiger partial charge in [-0.3, -0.25) is 10.1 Å². The van der Waals surface area contributed by atoms with Gasteiger partial charge in [0.05, 0.1) is 5.75 Å². The van der Waals surface area contributed by atoms with Gasteiger partial charge < -0.3 is 10.6 Å². The molecule has 3 amide bonds. The number of carbonyl (C=O) groups excluding carboxylic acids is 2. The van der Waals surface area contributed by atoms with E-state index in [-0.39, 0.29) is 17.7 Å². The monoisotopic (exact) mass is 357 g/mol. The highest BCUT2D eigenvalue weighted by Crippen LogP contribution is 2.25. The van der Waals surface area contributed by atoms with E-state index in [4.69, 9.17) is 0 Å². The summed E-state index contributed by atoms with van der Waals surface area (Å²) >= 11 is 2.69. The van der Waals surface area contributed by atoms with Crippen LogP contribution >= 0.6 is 23.1 Å². The zero-order valence-corrected chi connectivity index (χ0v) is 14.9. The van der Waals surface area contributed by atoms with Crippen molar-refractivity contribution >= 4 is 40.2 Å². The van der Waals surface area contributed by atoms with E-state index < -0.39 is 6.03 Å². The third-order valence-corrected chi connectivity index (χ3v) is 5.47. The summed E-state index contributed by atoms with van der Waals surface area (Å²) in [5, 5.41) is 17.1. The molecule has 2 rings (SSSR count). The largest absolute Gasteiger partial charge is 0.360 e. The number of nitrogens with one attached hydrogen (secondary N) is 3. The van der Waals surface area contributed by atoms with E-state index in [1.54, 1.807) is 0 Å². The molecule has 1 aromatic heterocycles. The average molecular weight is 358 g/mol. The molecule has 1 aliphatic carbocycles. The number of amides is 3. The number of carbonyl (C=O) groups is 2. The van der Waals surface area contributed by atoms with Gasteiger partial charge in [0, 0.05) is 12.6 Å². The summed E-state index contributed by atoms with van der Waals surface area (Å²) in [6.07, 6.45) is 6.51. The predicted molar refractivity (Wildman–Crippen MR) is 93.0 cm³/mol. The topological polar surface area (TPSA) is 96.0 Å². The number of rotatable bonds is 7. The number of aromatic nitrogens is 2. The third-order valence-electron chi connectivity index (χ3n) is 3.45. The molecule has 0 radical (unpaired) electrons. The van der Waals surface area contributed by atoms with Crippen LogP contribution in [0, 0.1) is 0 Å². The first kappa shape index (κ1) is 18.0. The lowest BCUT2D eigenvalue weighted by atomic mass is 9.96. The zero-order chi connectivity index (χ0) is 16.5. The number of thioether (sulfide) groups is 1. The molecular formula is C14H23N5O2S2. The standard InChI is InChI=1S/C14H23N5O2S2/c1-2-8-15-13-18-19-14(23-13)22-9-11(20)17-12(21)16-10-6-4-3-5-7-10/h10H,2-9H2,1H3,(H,15,18)(H2,16,17,20,21). The lowest BCUT2D eigenvalue weighted by molar-refractivity contribution is -0.117. The molecule has 0 unspecified atom stereocenters. The Hall–Kier alpha value is -1.35. The number of nitrogens with zero attached hydrogens (tertiary/aromatic N) is 2. The molecule has 0 saturated heterocycles. The Morgan fingerprint density at radius 3 is 2.78 bits per heavy atom. The van der Waals surface area contributed by atoms with Crippen molar-refractivity contribution in [3.63, 3.8) is 0 Å². The Bertz CT molecular complexity index is 517. The minimum absolute atomic E-state index is 0.153. The van der Waals surface area contributed by atoms with Gasteiger partial charge in [-0.2, -0.15) is 0 Å². The second kappa shape index (κ2) is 9.71. The van der Waals surface area contributed by atoms with Crippen LogP contribution < -0.4 is 16.0 Å². The molecule has 0 bridgehead atoms. The van der Waals surface area contributed by atoms with Gasteiger partial charge in [0.1, 0.15) is 0 Å². The molecule has 9 heteroatoms. The van der Waals surface area contributed by atoms with Crippen LogP contribution in [-0.4, -0.2) is 40.5 Å². The molecule has 0 aliphatic heterocycles. The fourth-order valence-electron chi connectivity index (χ4n) is 2.33. The number of urea groups is 1. The molecular weight excluding hydrogens is 334 g/mol. The minimum atomic E-state index is -0.398. The van der Waals surface area contributed by atoms with Gasteiger partial charge in [0.15, 0.2) is 4.34 Å². The fourth-order valence-corrected chi connectivity index (χ4v) is 3.91. The fraction of sp³-hybridized carbons (Fsp3) is 0.714. The van der Waals surface area contributed by atoms with Crippen LogP contribution in [0.2, 0.25) is 0 Å². The predicted octanol–water partition coefficient (Wildman–Crippen LogP) is 2.61. The van der Waals surface area contributed by atoms with Crippen LogP contribution in [-0.2, 0) is 4.79 Å². The van der Waals surface area contributed by atoms with Crippen molar-refractivity contribution in [3.8, 4) is 0 Å². The molecule has 1 heterocycles. The summed E-state index contributed by atoms with van der Waals surface area (Å²) in [5.41, 5.74) is 0. The van der Waals surface area contributed by atoms with Gasteiger partial charge in [-0.05, 0) is 19.3 Å². The summed E-state index contributed by atoms with van der Waals surface area (Å²) < 4.78 is 0.714. The Morgan fingerprint density at radius 2 is 2.04 bits per heavy atom. The first-order chi connectivity index (χ1) is 11.2. The summed E-state index contributed by atoms with van der Waals surface area (Å²) in [6, 6.07) is -0.204. The highest BCUT2D eigenvalue weighted by molar-refractivity contribution is 8.01. The van der Waals surface area contributed by atoms with Crippen LogP contribution in [0.25, 0.3) is 0 Å². The summed E-state index contributed by atoms with van der Waals surface area (Å²) in [5.74, 6) is -0.165. The van der Waals surface area contributed by atoms with Gasteiger partial charge in [-0.25, -0.2) is 4.79 Å². The van der Waals surface area contributed by atoms with E-state index in [0.29, 0.717) is 4.34 Å². The van der Waals surface area contributed by atoms with Gasteiger partial charge in [-0.1, -0.05) is 49.3 Å². The van der Waals surface area contributed by atoms with E-state index in [1.807, 2.05) is 0 Å². The summed E-state index contributed by atoms with van der Waals surface area (Å²) in [7, 11) is 0. The molecule has 128 valence electrons. The van der Waals surface area contributed by atoms with Crippen molar-refractivity contribution in [3.05, 3.63) is 0 Å². The molecule has 0 atom stereocenters. The number of imide groups is 1. The zero-order valence-electron chi connectivity index (χ0n) is 13.3. The highest BCUT2D eigenvalue weighted by atomic mass is 32.2. The van der Waals surface area contributed by atoms with E-state index in [9.17, 15) is 9.59 Å². The van der Waals surface area contributed by atoms with Crippen LogP contribution in [0.4, 0.5) is 9.93 Å². The van der Waals surface area contributed by atoms with Crippen molar-refractivity contribution in [2.45, 2.75) is 55.8 Å². The molecule has 23 heavy (non-hydrogen) atoms. The van der Waals surface area contributed by atoms with E-state index >= 15 is 0 Å². The third kappa shape index (κ3) is 6.74. The Morgan fingerprint density at radius 1 is 1.26 bits per heavy atom. The second-order valence-corrected chi connectivity index (χ2v) is 7.65. The van der Waals surface area contributed by atoms with E-state index in [0.717, 1.165) is 43.8 Å². The smallest absolute Gasteiger partial charge is 0.321 e. The van der Waals surface area contributed by atoms with Crippen molar-refractivity contribution in [1.29, 1.82) is 0 Å². The summed E-state index contributed by atoms with van der Waals surface area (Å²) in [6.45, 7) is 2.92. The highest BCUT2D eigenvalue weighted by Gasteiger charge is 2.17. The minimum Gasteiger partial charge on any atom is -0.360 e. The van der Waals surface area contributed by atoms with Gasteiger partial charge in [0.2, 0.25) is 11.0 Å². The molecule has 1 aromatic rings. The van der Waals surface area contributed by atoms with Crippen LogP contribution in [0.5, 0.6) is 0 Å². The van der Waals surface area contributed by atoms with Crippen LogP contribution in [0.1, 0.15) is 45.4 Å². The van der Waals surface area contributed by atoms with Crippen molar-refractivity contribution < 1.29 is 9.59 Å². The Labute approximate surface area is 144 Å². The van der Waals surface area contributed by atoms with Crippen molar-refractivity contribution in [2.75, 3.05) is 17.6 Å². The lowest BCUT2D eigenvalue weighted by Crippen LogP contribution is -2.45. The maximum atomic E-state index is 11.8. The number of hydrogen-bond acceptors (Lipinski definition) is 7. The maximum Gasteiger partial charge on any atom is 0.321 e. The SMILES string of the molecule is CCCNc1nnc(SCC(=O)NC(=O)NC2CCCCC2)s1. The van der Waals surface area contributed by atoms with Crippen LogP contribution in [0.15, 0.2) is 4.34 Å². The first-order valence-corrected chi connectivity index (χ1v) is 9.78. The van der Waals surface area contributed by atoms with E-state index in [2.05, 4.69) is 33.1 Å². The lowest BCUT2D eigenvalue weighted by Gasteiger charge is -2.22. The van der Waals surface area contributed by atoms with Crippen molar-refractivity contribution in [2.24, 2.45) is 0 Å². The molecule has 1 saturated carbocycles. The quantitative estimate of drug-likeness (QED) is 0.649. The number of anilines is 1. The number of hydrogen-bond donors (Lipinski definition) is 3. The molecule has 0 spiro atoms. The van der Waals surface area contributed by atoms with Crippen molar-refractivity contribution in [1.82, 2.24) is 20.8 Å². The molecule has 7 nitrogen and oxygen atoms in total. The van der Waals surface area contributed by atoms with Gasteiger partial charge >= 0.3 is 6.03 Å². The Kier molecular flexibility index (Phi) is 7.60. The van der Waals surface area contributed by atoms with E-state index in [1.165, 1.54) is 29.5 Å². The molecule has 1 aliphatic rings. The maximum absolute atomic E-state index is 11.8. The molecule has 3 N–H and O–H groups in total. The Balaban J connectivity index is 1.65. The summed E-state index contributed by atoms with van der Waals surface area (Å²) in [4.78, 5) is 23.6. The molecule has 0 aromatic carbocycles.